The van der Waals surface area contributed by atoms with E-state index in [9.17, 15) is 4.79 Å². The first kappa shape index (κ1) is 13.3. The van der Waals surface area contributed by atoms with Gasteiger partial charge in [0, 0.05) is 24.3 Å². The Kier molecular flexibility index (Phi) is 3.64. The topological polar surface area (TPSA) is 83.6 Å². The van der Waals surface area contributed by atoms with Crippen molar-refractivity contribution >= 4 is 17.6 Å². The highest BCUT2D eigenvalue weighted by atomic mass is 16.4. The molecule has 2 aromatic rings. The van der Waals surface area contributed by atoms with Gasteiger partial charge in [-0.25, -0.2) is 4.98 Å². The number of fused-ring (bicyclic) bond motifs is 1. The molecule has 1 N–H and O–H groups in total. The molecular weight excluding hydrogens is 246 g/mol. The summed E-state index contributed by atoms with van der Waals surface area (Å²) in [5.74, 6) is 0.527. The molecule has 7 heteroatoms. The summed E-state index contributed by atoms with van der Waals surface area (Å²) >= 11 is 0. The van der Waals surface area contributed by atoms with Crippen LogP contribution in [0.4, 0.5) is 5.82 Å². The van der Waals surface area contributed by atoms with Crippen LogP contribution in [-0.2, 0) is 4.79 Å². The van der Waals surface area contributed by atoms with Crippen molar-refractivity contribution in [2.24, 2.45) is 0 Å². The van der Waals surface area contributed by atoms with E-state index in [1.54, 1.807) is 4.52 Å². The second-order valence-electron chi connectivity index (χ2n) is 4.46. The fourth-order valence-electron chi connectivity index (χ4n) is 2.18. The van der Waals surface area contributed by atoms with Crippen LogP contribution in [0.2, 0.25) is 0 Å². The quantitative estimate of drug-likeness (QED) is 0.870. The van der Waals surface area contributed by atoms with Gasteiger partial charge < -0.3 is 10.0 Å². The molecular formula is C12H17N5O2. The average Bonchev–Trinajstić information content (AvgIpc) is 2.76. The van der Waals surface area contributed by atoms with Crippen LogP contribution in [0.1, 0.15) is 26.0 Å². The number of carboxylic acids is 1. The SMILES string of the molecule is CCN(c1cc(C)nc2ncnn12)C(C)CC(=O)O. The third kappa shape index (κ3) is 2.64. The van der Waals surface area contributed by atoms with Gasteiger partial charge in [0.1, 0.15) is 12.1 Å². The number of carboxylic acid groups (broad SMARTS) is 1. The molecule has 102 valence electrons. The number of aliphatic carboxylic acids is 1. The molecule has 0 saturated heterocycles. The van der Waals surface area contributed by atoms with Crippen LogP contribution in [0.25, 0.3) is 5.78 Å². The van der Waals surface area contributed by atoms with Gasteiger partial charge in [0.2, 0.25) is 0 Å². The Morgan fingerprint density at radius 2 is 2.32 bits per heavy atom. The van der Waals surface area contributed by atoms with Crippen molar-refractivity contribution in [1.29, 1.82) is 0 Å². The second-order valence-corrected chi connectivity index (χ2v) is 4.46. The molecule has 0 aliphatic heterocycles. The molecule has 0 aromatic carbocycles. The van der Waals surface area contributed by atoms with Crippen molar-refractivity contribution in [3.05, 3.63) is 18.1 Å². The van der Waals surface area contributed by atoms with Gasteiger partial charge in [0.15, 0.2) is 0 Å². The van der Waals surface area contributed by atoms with E-state index in [0.717, 1.165) is 11.5 Å². The summed E-state index contributed by atoms with van der Waals surface area (Å²) in [7, 11) is 0. The molecule has 19 heavy (non-hydrogen) atoms. The molecule has 2 rings (SSSR count). The van der Waals surface area contributed by atoms with Gasteiger partial charge in [0.05, 0.1) is 6.42 Å². The third-order valence-corrected chi connectivity index (χ3v) is 3.00. The molecule has 0 aliphatic rings. The molecule has 0 saturated carbocycles. The maximum atomic E-state index is 10.9. The number of hydrogen-bond acceptors (Lipinski definition) is 5. The van der Waals surface area contributed by atoms with E-state index in [1.165, 1.54) is 6.33 Å². The van der Waals surface area contributed by atoms with Crippen molar-refractivity contribution in [2.45, 2.75) is 33.2 Å². The third-order valence-electron chi connectivity index (χ3n) is 3.00. The van der Waals surface area contributed by atoms with Gasteiger partial charge in [-0.15, -0.1) is 0 Å². The van der Waals surface area contributed by atoms with Gasteiger partial charge in [-0.2, -0.15) is 14.6 Å². The smallest absolute Gasteiger partial charge is 0.305 e. The van der Waals surface area contributed by atoms with Gasteiger partial charge >= 0.3 is 5.97 Å². The lowest BCUT2D eigenvalue weighted by Gasteiger charge is -2.29. The fraction of sp³-hybridized carbons (Fsp3) is 0.500. The van der Waals surface area contributed by atoms with Gasteiger partial charge in [-0.05, 0) is 20.8 Å². The number of aromatic nitrogens is 4. The molecule has 0 radical (unpaired) electrons. The van der Waals surface area contributed by atoms with Crippen LogP contribution in [0, 0.1) is 6.92 Å². The number of anilines is 1. The van der Waals surface area contributed by atoms with E-state index in [1.807, 2.05) is 31.7 Å². The summed E-state index contributed by atoms with van der Waals surface area (Å²) in [5, 5.41) is 13.1. The Labute approximate surface area is 110 Å². The van der Waals surface area contributed by atoms with Crippen LogP contribution in [0.3, 0.4) is 0 Å². The highest BCUT2D eigenvalue weighted by Crippen LogP contribution is 2.19. The predicted molar refractivity (Wildman–Crippen MR) is 70.3 cm³/mol. The Hall–Kier alpha value is -2.18. The van der Waals surface area contributed by atoms with E-state index in [4.69, 9.17) is 5.11 Å². The lowest BCUT2D eigenvalue weighted by molar-refractivity contribution is -0.137. The largest absolute Gasteiger partial charge is 0.481 e. The molecule has 0 aliphatic carbocycles. The summed E-state index contributed by atoms with van der Waals surface area (Å²) in [6, 6.07) is 1.76. The van der Waals surface area contributed by atoms with E-state index in [2.05, 4.69) is 15.1 Å². The average molecular weight is 263 g/mol. The van der Waals surface area contributed by atoms with Crippen LogP contribution in [0.15, 0.2) is 12.4 Å². The van der Waals surface area contributed by atoms with Crippen molar-refractivity contribution in [2.75, 3.05) is 11.4 Å². The monoisotopic (exact) mass is 263 g/mol. The predicted octanol–water partition coefficient (Wildman–Crippen LogP) is 1.12. The number of rotatable bonds is 5. The standard InChI is InChI=1S/C12H17N5O2/c1-4-16(9(3)6-11(18)19)10-5-8(2)15-12-13-7-14-17(10)12/h5,7,9H,4,6H2,1-3H3,(H,18,19). The highest BCUT2D eigenvalue weighted by molar-refractivity contribution is 5.68. The zero-order chi connectivity index (χ0) is 14.0. The molecule has 0 amide bonds. The molecule has 1 atom stereocenters. The van der Waals surface area contributed by atoms with Gasteiger partial charge in [-0.1, -0.05) is 0 Å². The van der Waals surface area contributed by atoms with E-state index in [0.29, 0.717) is 12.3 Å². The Bertz CT molecular complexity index is 595. The molecule has 7 nitrogen and oxygen atoms in total. The van der Waals surface area contributed by atoms with E-state index in [-0.39, 0.29) is 12.5 Å². The van der Waals surface area contributed by atoms with Crippen LogP contribution < -0.4 is 4.90 Å². The number of nitrogens with zero attached hydrogens (tertiary/aromatic N) is 5. The Morgan fingerprint density at radius 1 is 1.58 bits per heavy atom. The number of hydrogen-bond donors (Lipinski definition) is 1. The summed E-state index contributed by atoms with van der Waals surface area (Å²) in [4.78, 5) is 21.2. The lowest BCUT2D eigenvalue weighted by Crippen LogP contribution is -2.36. The molecule has 0 spiro atoms. The Balaban J connectivity index is 2.45. The minimum atomic E-state index is -0.813. The first-order valence-electron chi connectivity index (χ1n) is 6.18. The van der Waals surface area contributed by atoms with Gasteiger partial charge in [-0.3, -0.25) is 4.79 Å². The highest BCUT2D eigenvalue weighted by Gasteiger charge is 2.19. The van der Waals surface area contributed by atoms with Crippen LogP contribution in [-0.4, -0.2) is 43.2 Å². The molecule has 0 bridgehead atoms. The normalized spacial score (nSPS) is 12.6. The molecule has 0 fully saturated rings. The van der Waals surface area contributed by atoms with E-state index < -0.39 is 5.97 Å². The minimum absolute atomic E-state index is 0.0748. The molecule has 1 unspecified atom stereocenters. The summed E-state index contributed by atoms with van der Waals surface area (Å²) in [6.07, 6.45) is 1.52. The van der Waals surface area contributed by atoms with Gasteiger partial charge in [0.25, 0.3) is 5.78 Å². The fourth-order valence-corrected chi connectivity index (χ4v) is 2.18. The minimum Gasteiger partial charge on any atom is -0.481 e. The Morgan fingerprint density at radius 3 is 2.95 bits per heavy atom. The number of carbonyl (C=O) groups is 1. The molecule has 2 aromatic heterocycles. The lowest BCUT2D eigenvalue weighted by atomic mass is 10.2. The summed E-state index contributed by atoms with van der Waals surface area (Å²) in [5.41, 5.74) is 0.830. The number of aryl methyl sites for hydroxylation is 1. The van der Waals surface area contributed by atoms with Crippen molar-refractivity contribution in [3.8, 4) is 0 Å². The maximum absolute atomic E-state index is 10.9. The van der Waals surface area contributed by atoms with Crippen molar-refractivity contribution < 1.29 is 9.90 Å². The van der Waals surface area contributed by atoms with E-state index >= 15 is 0 Å². The first-order chi connectivity index (χ1) is 9.02. The van der Waals surface area contributed by atoms with Crippen molar-refractivity contribution in [3.63, 3.8) is 0 Å². The van der Waals surface area contributed by atoms with Crippen LogP contribution in [0.5, 0.6) is 0 Å². The second kappa shape index (κ2) is 5.21. The zero-order valence-electron chi connectivity index (χ0n) is 11.2. The van der Waals surface area contributed by atoms with Crippen molar-refractivity contribution in [1.82, 2.24) is 19.6 Å². The first-order valence-corrected chi connectivity index (χ1v) is 6.18. The van der Waals surface area contributed by atoms with Crippen LogP contribution >= 0.6 is 0 Å². The zero-order valence-corrected chi connectivity index (χ0v) is 11.2. The summed E-state index contributed by atoms with van der Waals surface area (Å²) in [6.45, 7) is 6.44. The molecule has 2 heterocycles. The maximum Gasteiger partial charge on any atom is 0.305 e. The summed E-state index contributed by atoms with van der Waals surface area (Å²) < 4.78 is 1.63.